The number of hydrogen-bond donors (Lipinski definition) is 2. The van der Waals surface area contributed by atoms with Gasteiger partial charge in [0.25, 0.3) is 5.91 Å². The van der Waals surface area contributed by atoms with Crippen LogP contribution in [0.3, 0.4) is 0 Å². The molecule has 2 aromatic rings. The molecule has 106 valence electrons. The van der Waals surface area contributed by atoms with Gasteiger partial charge in [-0.3, -0.25) is 4.79 Å². The first kappa shape index (κ1) is 13.5. The van der Waals surface area contributed by atoms with Crippen molar-refractivity contribution in [2.75, 3.05) is 12.4 Å². The monoisotopic (exact) mass is 301 g/mol. The Kier molecular flexibility index (Phi) is 3.31. The lowest BCUT2D eigenvalue weighted by Crippen LogP contribution is -2.03. The van der Waals surface area contributed by atoms with E-state index in [4.69, 9.17) is 16.3 Å². The van der Waals surface area contributed by atoms with Crippen LogP contribution in [0.25, 0.3) is 11.6 Å². The minimum Gasteiger partial charge on any atom is -0.504 e. The van der Waals surface area contributed by atoms with Crippen molar-refractivity contribution in [3.05, 3.63) is 52.5 Å². The molecule has 0 aromatic heterocycles. The first-order chi connectivity index (χ1) is 10.1. The molecule has 0 atom stereocenters. The van der Waals surface area contributed by atoms with E-state index >= 15 is 0 Å². The number of aromatic hydroxyl groups is 1. The summed E-state index contributed by atoms with van der Waals surface area (Å²) in [6, 6.07) is 10.3. The molecule has 1 amide bonds. The first-order valence-electron chi connectivity index (χ1n) is 6.29. The van der Waals surface area contributed by atoms with Gasteiger partial charge < -0.3 is 15.2 Å². The number of benzene rings is 2. The molecular formula is C16H12ClNO3. The third-order valence-electron chi connectivity index (χ3n) is 3.31. The molecule has 21 heavy (non-hydrogen) atoms. The number of hydrogen-bond acceptors (Lipinski definition) is 3. The lowest BCUT2D eigenvalue weighted by atomic mass is 10.0. The quantitative estimate of drug-likeness (QED) is 0.834. The predicted molar refractivity (Wildman–Crippen MR) is 82.6 cm³/mol. The van der Waals surface area contributed by atoms with Gasteiger partial charge in [0, 0.05) is 27.4 Å². The standard InChI is InChI=1S/C16H12ClNO3/c1-21-14-4-2-3-9(15(14)19)7-12-11-8-10(17)5-6-13(11)18-16(12)20/h2-8,19H,1H3,(H,18,20)/b12-7+. The molecule has 4 nitrogen and oxygen atoms in total. The molecule has 1 heterocycles. The number of carbonyl (C=O) groups excluding carboxylic acids is 1. The van der Waals surface area contributed by atoms with Gasteiger partial charge in [-0.05, 0) is 30.3 Å². The van der Waals surface area contributed by atoms with Gasteiger partial charge in [0.1, 0.15) is 0 Å². The van der Waals surface area contributed by atoms with Crippen LogP contribution in [0.15, 0.2) is 36.4 Å². The number of carbonyl (C=O) groups is 1. The van der Waals surface area contributed by atoms with E-state index in [-0.39, 0.29) is 11.7 Å². The molecule has 0 saturated carbocycles. The highest BCUT2D eigenvalue weighted by Gasteiger charge is 2.24. The Morgan fingerprint density at radius 1 is 1.29 bits per heavy atom. The van der Waals surface area contributed by atoms with Crippen LogP contribution < -0.4 is 10.1 Å². The highest BCUT2D eigenvalue weighted by molar-refractivity contribution is 6.36. The number of ether oxygens (including phenoxy) is 1. The van der Waals surface area contributed by atoms with Crippen LogP contribution in [0.5, 0.6) is 11.5 Å². The van der Waals surface area contributed by atoms with Crippen LogP contribution in [0.1, 0.15) is 11.1 Å². The summed E-state index contributed by atoms with van der Waals surface area (Å²) in [6.45, 7) is 0. The van der Waals surface area contributed by atoms with Crippen molar-refractivity contribution in [2.45, 2.75) is 0 Å². The number of anilines is 1. The van der Waals surface area contributed by atoms with Crippen molar-refractivity contribution in [1.82, 2.24) is 0 Å². The average molecular weight is 302 g/mol. The van der Waals surface area contributed by atoms with Crippen LogP contribution in [-0.2, 0) is 4.79 Å². The van der Waals surface area contributed by atoms with Crippen LogP contribution in [0.2, 0.25) is 5.02 Å². The van der Waals surface area contributed by atoms with Crippen molar-refractivity contribution in [3.63, 3.8) is 0 Å². The van der Waals surface area contributed by atoms with Crippen molar-refractivity contribution >= 4 is 34.8 Å². The molecule has 0 unspecified atom stereocenters. The van der Waals surface area contributed by atoms with E-state index in [1.54, 1.807) is 42.5 Å². The Bertz CT molecular complexity index is 768. The van der Waals surface area contributed by atoms with Gasteiger partial charge >= 0.3 is 0 Å². The van der Waals surface area contributed by atoms with E-state index in [1.807, 2.05) is 0 Å². The molecule has 0 spiro atoms. The third kappa shape index (κ3) is 2.34. The molecule has 1 aliphatic rings. The van der Waals surface area contributed by atoms with Gasteiger partial charge in [-0.1, -0.05) is 23.7 Å². The summed E-state index contributed by atoms with van der Waals surface area (Å²) in [7, 11) is 1.48. The highest BCUT2D eigenvalue weighted by atomic mass is 35.5. The lowest BCUT2D eigenvalue weighted by molar-refractivity contribution is -0.110. The minimum absolute atomic E-state index is 0.00391. The van der Waals surface area contributed by atoms with Crippen LogP contribution >= 0.6 is 11.6 Å². The predicted octanol–water partition coefficient (Wildman–Crippen LogP) is 3.55. The van der Waals surface area contributed by atoms with Crippen molar-refractivity contribution in [3.8, 4) is 11.5 Å². The molecule has 1 aliphatic heterocycles. The number of amides is 1. The molecule has 5 heteroatoms. The zero-order valence-corrected chi connectivity index (χ0v) is 11.9. The molecule has 0 saturated heterocycles. The maximum absolute atomic E-state index is 12.1. The molecule has 0 fully saturated rings. The second kappa shape index (κ2) is 5.14. The molecule has 2 N–H and O–H groups in total. The van der Waals surface area contributed by atoms with Gasteiger partial charge in [0.15, 0.2) is 11.5 Å². The maximum Gasteiger partial charge on any atom is 0.256 e. The Hall–Kier alpha value is -2.46. The topological polar surface area (TPSA) is 58.6 Å². The summed E-state index contributed by atoms with van der Waals surface area (Å²) in [5.41, 5.74) is 2.39. The number of phenolic OH excluding ortho intramolecular Hbond substituents is 1. The smallest absolute Gasteiger partial charge is 0.256 e. The number of halogens is 1. The largest absolute Gasteiger partial charge is 0.504 e. The molecule has 0 radical (unpaired) electrons. The zero-order valence-electron chi connectivity index (χ0n) is 11.2. The normalized spacial score (nSPS) is 15.0. The summed E-state index contributed by atoms with van der Waals surface area (Å²) < 4.78 is 5.06. The van der Waals surface area contributed by atoms with Crippen LogP contribution in [0, 0.1) is 0 Å². The number of phenols is 1. The summed E-state index contributed by atoms with van der Waals surface area (Å²) >= 11 is 5.98. The van der Waals surface area contributed by atoms with E-state index in [1.165, 1.54) is 7.11 Å². The van der Waals surface area contributed by atoms with E-state index in [2.05, 4.69) is 5.32 Å². The molecule has 3 rings (SSSR count). The fourth-order valence-electron chi connectivity index (χ4n) is 2.28. The van der Waals surface area contributed by atoms with E-state index < -0.39 is 0 Å². The van der Waals surface area contributed by atoms with E-state index in [9.17, 15) is 9.90 Å². The number of fused-ring (bicyclic) bond motifs is 1. The fourth-order valence-corrected chi connectivity index (χ4v) is 2.45. The Balaban J connectivity index is 2.13. The van der Waals surface area contributed by atoms with Crippen molar-refractivity contribution in [2.24, 2.45) is 0 Å². The second-order valence-corrected chi connectivity index (χ2v) is 5.04. The fraction of sp³-hybridized carbons (Fsp3) is 0.0625. The number of rotatable bonds is 2. The SMILES string of the molecule is COc1cccc(/C=C2/C(=O)Nc3ccc(Cl)cc32)c1O. The first-order valence-corrected chi connectivity index (χ1v) is 6.67. The summed E-state index contributed by atoms with van der Waals surface area (Å²) in [4.78, 5) is 12.1. The van der Waals surface area contributed by atoms with Gasteiger partial charge in [-0.2, -0.15) is 0 Å². The van der Waals surface area contributed by atoms with Gasteiger partial charge in [0.05, 0.1) is 7.11 Å². The number of nitrogens with one attached hydrogen (secondary N) is 1. The van der Waals surface area contributed by atoms with E-state index in [0.717, 1.165) is 5.56 Å². The Morgan fingerprint density at radius 3 is 2.86 bits per heavy atom. The maximum atomic E-state index is 12.1. The summed E-state index contributed by atoms with van der Waals surface area (Å²) in [6.07, 6.45) is 1.62. The molecule has 0 aliphatic carbocycles. The molecule has 0 bridgehead atoms. The zero-order chi connectivity index (χ0) is 15.0. The third-order valence-corrected chi connectivity index (χ3v) is 3.55. The Labute approximate surface area is 126 Å². The van der Waals surface area contributed by atoms with Crippen LogP contribution in [-0.4, -0.2) is 18.1 Å². The Morgan fingerprint density at radius 2 is 2.10 bits per heavy atom. The lowest BCUT2D eigenvalue weighted by Gasteiger charge is -2.06. The summed E-state index contributed by atoms with van der Waals surface area (Å²) in [5, 5.41) is 13.4. The number of methoxy groups -OCH3 is 1. The second-order valence-electron chi connectivity index (χ2n) is 4.60. The molecular weight excluding hydrogens is 290 g/mol. The van der Waals surface area contributed by atoms with Crippen LogP contribution in [0.4, 0.5) is 5.69 Å². The average Bonchev–Trinajstić information content (AvgIpc) is 2.77. The van der Waals surface area contributed by atoms with E-state index in [0.29, 0.717) is 27.6 Å². The van der Waals surface area contributed by atoms with Gasteiger partial charge in [-0.15, -0.1) is 0 Å². The number of para-hydroxylation sites is 1. The van der Waals surface area contributed by atoms with Crippen molar-refractivity contribution in [1.29, 1.82) is 0 Å². The summed E-state index contributed by atoms with van der Waals surface area (Å²) in [5.74, 6) is 0.124. The minimum atomic E-state index is -0.227. The van der Waals surface area contributed by atoms with Gasteiger partial charge in [-0.25, -0.2) is 0 Å². The van der Waals surface area contributed by atoms with Gasteiger partial charge in [0.2, 0.25) is 0 Å². The van der Waals surface area contributed by atoms with Crippen molar-refractivity contribution < 1.29 is 14.6 Å². The molecule has 2 aromatic carbocycles. The highest BCUT2D eigenvalue weighted by Crippen LogP contribution is 2.37.